The van der Waals surface area contributed by atoms with E-state index in [1.54, 1.807) is 11.0 Å². The highest BCUT2D eigenvalue weighted by Crippen LogP contribution is 2.31. The van der Waals surface area contributed by atoms with Crippen molar-refractivity contribution in [1.82, 2.24) is 20.1 Å². The van der Waals surface area contributed by atoms with Gasteiger partial charge >= 0.3 is 0 Å². The number of amides is 2. The van der Waals surface area contributed by atoms with Crippen LogP contribution in [-0.4, -0.2) is 38.4 Å². The Balaban J connectivity index is 1.90. The first-order chi connectivity index (χ1) is 11.5. The number of hydrogen-bond acceptors (Lipinski definition) is 4. The Kier molecular flexibility index (Phi) is 4.39. The van der Waals surface area contributed by atoms with Crippen molar-refractivity contribution in [3.8, 4) is 0 Å². The standard InChI is InChI=1S/C15H16ClN5O3/c16-9-5-8(7-18-14(9)23)15(24)21-4-2-1-3-12(21)10-6-11(13(17)22)20-19-10/h5-7,12H,1-4H2,(H2,17,22)(H,18,23)(H,19,20)/t12-/m1/s1. The van der Waals surface area contributed by atoms with E-state index in [4.69, 9.17) is 17.3 Å². The van der Waals surface area contributed by atoms with Crippen LogP contribution >= 0.6 is 11.6 Å². The number of nitrogens with two attached hydrogens (primary N) is 1. The fourth-order valence-corrected chi connectivity index (χ4v) is 3.05. The van der Waals surface area contributed by atoms with Gasteiger partial charge in [0, 0.05) is 12.7 Å². The Morgan fingerprint density at radius 2 is 2.12 bits per heavy atom. The van der Waals surface area contributed by atoms with Crippen LogP contribution in [0, 0.1) is 0 Å². The quantitative estimate of drug-likeness (QED) is 0.770. The zero-order valence-electron chi connectivity index (χ0n) is 12.7. The van der Waals surface area contributed by atoms with Gasteiger partial charge in [0.05, 0.1) is 17.3 Å². The molecule has 9 heteroatoms. The van der Waals surface area contributed by atoms with Crippen molar-refractivity contribution < 1.29 is 9.59 Å². The van der Waals surface area contributed by atoms with Crippen LogP contribution in [0.1, 0.15) is 51.8 Å². The molecule has 2 aromatic heterocycles. The third kappa shape index (κ3) is 3.05. The lowest BCUT2D eigenvalue weighted by atomic mass is 9.98. The van der Waals surface area contributed by atoms with Gasteiger partial charge in [-0.2, -0.15) is 5.10 Å². The smallest absolute Gasteiger partial charge is 0.269 e. The van der Waals surface area contributed by atoms with E-state index in [-0.39, 0.29) is 22.7 Å². The normalized spacial score (nSPS) is 17.7. The van der Waals surface area contributed by atoms with E-state index in [9.17, 15) is 14.4 Å². The van der Waals surface area contributed by atoms with E-state index in [1.165, 1.54) is 12.3 Å². The van der Waals surface area contributed by atoms with Crippen LogP contribution < -0.4 is 11.3 Å². The van der Waals surface area contributed by atoms with Crippen molar-refractivity contribution in [2.75, 3.05) is 6.54 Å². The summed E-state index contributed by atoms with van der Waals surface area (Å²) in [5.41, 5.74) is 5.88. The molecule has 3 rings (SSSR count). The molecule has 0 aliphatic carbocycles. The number of H-pyrrole nitrogens is 2. The first kappa shape index (κ1) is 16.3. The summed E-state index contributed by atoms with van der Waals surface area (Å²) in [7, 11) is 0. The molecular weight excluding hydrogens is 334 g/mol. The van der Waals surface area contributed by atoms with E-state index >= 15 is 0 Å². The van der Waals surface area contributed by atoms with Gasteiger partial charge in [0.1, 0.15) is 10.7 Å². The Morgan fingerprint density at radius 3 is 2.79 bits per heavy atom. The number of rotatable bonds is 3. The number of nitrogens with one attached hydrogen (secondary N) is 2. The number of likely N-dealkylation sites (tertiary alicyclic amines) is 1. The highest BCUT2D eigenvalue weighted by molar-refractivity contribution is 6.30. The molecule has 0 aromatic carbocycles. The van der Waals surface area contributed by atoms with Gasteiger partial charge in [-0.25, -0.2) is 0 Å². The fraction of sp³-hybridized carbons (Fsp3) is 0.333. The lowest BCUT2D eigenvalue weighted by Crippen LogP contribution is -2.39. The maximum Gasteiger partial charge on any atom is 0.269 e. The predicted octanol–water partition coefficient (Wildman–Crippen LogP) is 1.22. The molecule has 1 aliphatic heterocycles. The summed E-state index contributed by atoms with van der Waals surface area (Å²) in [5, 5.41) is 6.63. The van der Waals surface area contributed by atoms with Crippen molar-refractivity contribution in [2.24, 2.45) is 5.73 Å². The molecule has 0 spiro atoms. The lowest BCUT2D eigenvalue weighted by molar-refractivity contribution is 0.0605. The number of halogens is 1. The van der Waals surface area contributed by atoms with Gasteiger partial charge in [-0.15, -0.1) is 0 Å². The second kappa shape index (κ2) is 6.48. The lowest BCUT2D eigenvalue weighted by Gasteiger charge is -2.35. The van der Waals surface area contributed by atoms with Crippen LogP contribution in [0.2, 0.25) is 5.02 Å². The van der Waals surface area contributed by atoms with Gasteiger partial charge in [-0.3, -0.25) is 19.5 Å². The van der Waals surface area contributed by atoms with Crippen LogP contribution in [0.4, 0.5) is 0 Å². The number of carbonyl (C=O) groups excluding carboxylic acids is 2. The molecule has 1 saturated heterocycles. The Hall–Kier alpha value is -2.61. The zero-order chi connectivity index (χ0) is 17.3. The average Bonchev–Trinajstić information content (AvgIpc) is 3.07. The summed E-state index contributed by atoms with van der Waals surface area (Å²) < 4.78 is 0. The van der Waals surface area contributed by atoms with E-state index in [2.05, 4.69) is 15.2 Å². The van der Waals surface area contributed by atoms with Gasteiger partial charge in [0.25, 0.3) is 17.4 Å². The molecule has 126 valence electrons. The largest absolute Gasteiger partial charge is 0.364 e. The van der Waals surface area contributed by atoms with Crippen molar-refractivity contribution in [1.29, 1.82) is 0 Å². The minimum absolute atomic E-state index is 0.0352. The van der Waals surface area contributed by atoms with Gasteiger partial charge < -0.3 is 15.6 Å². The van der Waals surface area contributed by atoms with Crippen LogP contribution in [0.5, 0.6) is 0 Å². The van der Waals surface area contributed by atoms with Gasteiger partial charge in [0.15, 0.2) is 0 Å². The number of pyridine rings is 1. The molecule has 3 heterocycles. The molecule has 0 saturated carbocycles. The van der Waals surface area contributed by atoms with Crippen LogP contribution in [0.25, 0.3) is 0 Å². The Bertz CT molecular complexity index is 844. The van der Waals surface area contributed by atoms with Crippen LogP contribution in [0.15, 0.2) is 23.1 Å². The number of carbonyl (C=O) groups is 2. The third-order valence-corrected chi connectivity index (χ3v) is 4.36. The molecule has 1 atom stereocenters. The Morgan fingerprint density at radius 1 is 1.33 bits per heavy atom. The number of piperidine rings is 1. The number of primary amides is 1. The molecule has 8 nitrogen and oxygen atoms in total. The summed E-state index contributed by atoms with van der Waals surface area (Å²) >= 11 is 5.81. The second-order valence-electron chi connectivity index (χ2n) is 5.65. The topological polar surface area (TPSA) is 125 Å². The van der Waals surface area contributed by atoms with Gasteiger partial charge in [-0.1, -0.05) is 11.6 Å². The summed E-state index contributed by atoms with van der Waals surface area (Å²) in [6, 6.07) is 2.69. The highest BCUT2D eigenvalue weighted by atomic mass is 35.5. The van der Waals surface area contributed by atoms with Crippen molar-refractivity contribution in [2.45, 2.75) is 25.3 Å². The van der Waals surface area contributed by atoms with Crippen molar-refractivity contribution >= 4 is 23.4 Å². The average molecular weight is 350 g/mol. The first-order valence-corrected chi connectivity index (χ1v) is 7.89. The minimum atomic E-state index is -0.626. The maximum atomic E-state index is 12.8. The molecule has 2 aromatic rings. The summed E-state index contributed by atoms with van der Waals surface area (Å²) in [5.74, 6) is -0.869. The monoisotopic (exact) mass is 349 g/mol. The molecule has 24 heavy (non-hydrogen) atoms. The molecule has 0 radical (unpaired) electrons. The molecule has 0 bridgehead atoms. The first-order valence-electron chi connectivity index (χ1n) is 7.51. The van der Waals surface area contributed by atoms with E-state index in [1.807, 2.05) is 0 Å². The van der Waals surface area contributed by atoms with Gasteiger partial charge in [0.2, 0.25) is 0 Å². The Labute approximate surface area is 142 Å². The highest BCUT2D eigenvalue weighted by Gasteiger charge is 2.30. The molecule has 4 N–H and O–H groups in total. The van der Waals surface area contributed by atoms with Crippen molar-refractivity contribution in [3.05, 3.63) is 50.7 Å². The van der Waals surface area contributed by atoms with Crippen LogP contribution in [0.3, 0.4) is 0 Å². The fourth-order valence-electron chi connectivity index (χ4n) is 2.88. The number of aromatic amines is 2. The SMILES string of the molecule is NC(=O)c1cc([C@H]2CCCCN2C(=O)c2c[nH]c(=O)c(Cl)c2)[nH]n1. The number of aromatic nitrogens is 3. The second-order valence-corrected chi connectivity index (χ2v) is 6.06. The van der Waals surface area contributed by atoms with Crippen LogP contribution in [-0.2, 0) is 0 Å². The molecule has 0 unspecified atom stereocenters. The van der Waals surface area contributed by atoms with Crippen molar-refractivity contribution in [3.63, 3.8) is 0 Å². The van der Waals surface area contributed by atoms with E-state index < -0.39 is 11.5 Å². The van der Waals surface area contributed by atoms with Gasteiger partial charge in [-0.05, 0) is 31.4 Å². The summed E-state index contributed by atoms with van der Waals surface area (Å²) in [6.45, 7) is 0.561. The minimum Gasteiger partial charge on any atom is -0.364 e. The van der Waals surface area contributed by atoms with E-state index in [0.29, 0.717) is 17.8 Å². The zero-order valence-corrected chi connectivity index (χ0v) is 13.5. The summed E-state index contributed by atoms with van der Waals surface area (Å²) in [6.07, 6.45) is 3.91. The maximum absolute atomic E-state index is 12.8. The molecule has 2 amide bonds. The molecule has 1 aliphatic rings. The van der Waals surface area contributed by atoms with E-state index in [0.717, 1.165) is 19.3 Å². The molecule has 1 fully saturated rings. The summed E-state index contributed by atoms with van der Waals surface area (Å²) in [4.78, 5) is 39.5. The number of hydrogen-bond donors (Lipinski definition) is 3. The predicted molar refractivity (Wildman–Crippen MR) is 86.8 cm³/mol. The third-order valence-electron chi connectivity index (χ3n) is 4.08. The molecular formula is C15H16ClN5O3. The number of nitrogens with zero attached hydrogens (tertiary/aromatic N) is 2.